The lowest BCUT2D eigenvalue weighted by atomic mass is 9.84. The van der Waals surface area contributed by atoms with E-state index >= 15 is 0 Å². The molecule has 7 heterocycles. The molecule has 6 bridgehead atoms. The van der Waals surface area contributed by atoms with Gasteiger partial charge in [0.15, 0.2) is 0 Å². The van der Waals surface area contributed by atoms with E-state index in [0.29, 0.717) is 71.5 Å². The first-order valence-corrected chi connectivity index (χ1v) is 26.2. The molecule has 2 N–H and O–H groups in total. The number of hydrogen-bond acceptors (Lipinski definition) is 11. The lowest BCUT2D eigenvalue weighted by molar-refractivity contribution is -0.155. The number of aryl methyl sites for hydroxylation is 1. The van der Waals surface area contributed by atoms with Crippen LogP contribution in [0.2, 0.25) is 0 Å². The molecule has 388 valence electrons. The number of likely N-dealkylation sites (tertiary alicyclic amines) is 2. The monoisotopic (exact) mass is 997 g/mol. The van der Waals surface area contributed by atoms with E-state index in [1.807, 2.05) is 46.0 Å². The van der Waals surface area contributed by atoms with Gasteiger partial charge in [-0.1, -0.05) is 63.9 Å². The minimum absolute atomic E-state index is 0.134. The number of nitrogens with zero attached hydrogens (tertiary/aromatic N) is 6. The summed E-state index contributed by atoms with van der Waals surface area (Å²) in [6.07, 6.45) is 4.26. The van der Waals surface area contributed by atoms with Gasteiger partial charge in [-0.15, -0.1) is 0 Å². The maximum Gasteiger partial charge on any atom is 0.324 e. The zero-order chi connectivity index (χ0) is 51.8. The van der Waals surface area contributed by atoms with Crippen LogP contribution in [0.1, 0.15) is 90.2 Å². The van der Waals surface area contributed by atoms with Gasteiger partial charge in [-0.05, 0) is 111 Å². The summed E-state index contributed by atoms with van der Waals surface area (Å²) in [5.41, 5.74) is 9.68. The highest BCUT2D eigenvalue weighted by Crippen LogP contribution is 2.44. The van der Waals surface area contributed by atoms with Crippen LogP contribution in [-0.4, -0.2) is 150 Å². The zero-order valence-electron chi connectivity index (χ0n) is 43.8. The highest BCUT2D eigenvalue weighted by molar-refractivity contribution is 5.98. The topological polar surface area (TPSA) is 168 Å². The van der Waals surface area contributed by atoms with Crippen LogP contribution in [0.5, 0.6) is 0 Å². The van der Waals surface area contributed by atoms with Crippen molar-refractivity contribution in [2.75, 3.05) is 66.7 Å². The number of carbonyl (C=O) groups is 5. The molecule has 1 spiro atoms. The predicted octanol–water partition coefficient (Wildman–Crippen LogP) is 5.56. The molecular formula is C57H72N8O8. The highest BCUT2D eigenvalue weighted by Gasteiger charge is 2.54. The Morgan fingerprint density at radius 2 is 1.79 bits per heavy atom. The van der Waals surface area contributed by atoms with Crippen LogP contribution >= 0.6 is 0 Å². The quantitative estimate of drug-likeness (QED) is 0.168. The number of methoxy groups -OCH3 is 1. The second kappa shape index (κ2) is 21.4. The van der Waals surface area contributed by atoms with E-state index in [1.165, 1.54) is 5.01 Å². The number of fused-ring (bicyclic) bond motifs is 6. The Bertz CT molecular complexity index is 2830. The molecule has 4 aromatic rings. The Morgan fingerprint density at radius 1 is 1.00 bits per heavy atom. The number of carbonyl (C=O) groups excluding carboxylic acids is 5. The van der Waals surface area contributed by atoms with Crippen molar-refractivity contribution in [2.45, 2.75) is 117 Å². The molecule has 1 unspecified atom stereocenters. The van der Waals surface area contributed by atoms with Gasteiger partial charge < -0.3 is 33.9 Å². The van der Waals surface area contributed by atoms with E-state index in [0.717, 1.165) is 56.7 Å². The maximum atomic E-state index is 14.9. The van der Waals surface area contributed by atoms with Crippen molar-refractivity contribution < 1.29 is 38.2 Å². The third kappa shape index (κ3) is 10.5. The Hall–Kier alpha value is -6.12. The van der Waals surface area contributed by atoms with Crippen LogP contribution in [0, 0.1) is 28.6 Å². The van der Waals surface area contributed by atoms with Gasteiger partial charge in [0, 0.05) is 80.9 Å². The Kier molecular flexibility index (Phi) is 15.2. The first-order valence-electron chi connectivity index (χ1n) is 26.2. The first-order chi connectivity index (χ1) is 35.0. The fourth-order valence-electron chi connectivity index (χ4n) is 11.6. The molecule has 5 aliphatic rings. The van der Waals surface area contributed by atoms with Crippen LogP contribution in [0.4, 0.5) is 0 Å². The second-order valence-corrected chi connectivity index (χ2v) is 21.9. The molecule has 0 saturated carbocycles. The largest absolute Gasteiger partial charge is 0.464 e. The number of ether oxygens (including phenoxy) is 3. The third-order valence-corrected chi connectivity index (χ3v) is 15.8. The first kappa shape index (κ1) is 51.8. The summed E-state index contributed by atoms with van der Waals surface area (Å²) in [5, 5.41) is 5.66. The maximum absolute atomic E-state index is 14.9. The summed E-state index contributed by atoms with van der Waals surface area (Å²) in [5.74, 6) is 3.81. The number of aromatic nitrogens is 2. The average Bonchev–Trinajstić information content (AvgIpc) is 4.06. The molecule has 4 fully saturated rings. The predicted molar refractivity (Wildman–Crippen MR) is 277 cm³/mol. The summed E-state index contributed by atoms with van der Waals surface area (Å²) in [4.78, 5) is 82.0. The fraction of sp³-hybridized carbons (Fsp3) is 0.544. The summed E-state index contributed by atoms with van der Waals surface area (Å²) < 4.78 is 19.9. The zero-order valence-corrected chi connectivity index (χ0v) is 43.8. The van der Waals surface area contributed by atoms with Gasteiger partial charge in [-0.25, -0.2) is 5.43 Å². The third-order valence-electron chi connectivity index (χ3n) is 15.8. The molecule has 16 nitrogen and oxygen atoms in total. The number of nitrogens with one attached hydrogen (secondary N) is 2. The fourth-order valence-corrected chi connectivity index (χ4v) is 11.6. The van der Waals surface area contributed by atoms with Crippen LogP contribution in [0.15, 0.2) is 60.8 Å². The molecule has 2 aromatic heterocycles. The smallest absolute Gasteiger partial charge is 0.324 e. The summed E-state index contributed by atoms with van der Waals surface area (Å²) in [6, 6.07) is 15.8. The molecule has 2 aromatic carbocycles. The number of pyridine rings is 1. The molecule has 0 radical (unpaired) electrons. The number of rotatable bonds is 8. The van der Waals surface area contributed by atoms with Gasteiger partial charge in [0.25, 0.3) is 11.8 Å². The number of esters is 1. The summed E-state index contributed by atoms with van der Waals surface area (Å²) in [6.45, 7) is 16.1. The Morgan fingerprint density at radius 3 is 2.56 bits per heavy atom. The van der Waals surface area contributed by atoms with Gasteiger partial charge >= 0.3 is 5.97 Å². The van der Waals surface area contributed by atoms with E-state index in [-0.39, 0.29) is 49.5 Å². The van der Waals surface area contributed by atoms with Gasteiger partial charge in [0.1, 0.15) is 18.1 Å². The number of likely N-dealkylation sites (N-methyl/N-ethyl adjacent to an activating group) is 1. The highest BCUT2D eigenvalue weighted by atomic mass is 16.5. The lowest BCUT2D eigenvalue weighted by Crippen LogP contribution is -2.62. The molecule has 4 saturated heterocycles. The van der Waals surface area contributed by atoms with E-state index in [2.05, 4.69) is 89.2 Å². The second-order valence-electron chi connectivity index (χ2n) is 21.9. The number of hydrogen-bond donors (Lipinski definition) is 2. The minimum atomic E-state index is -1.05. The van der Waals surface area contributed by atoms with Crippen molar-refractivity contribution >= 4 is 40.5 Å². The van der Waals surface area contributed by atoms with Crippen molar-refractivity contribution in [3.05, 3.63) is 77.6 Å². The molecule has 5 aliphatic heterocycles. The van der Waals surface area contributed by atoms with Gasteiger partial charge in [0.05, 0.1) is 48.8 Å². The molecule has 0 aliphatic carbocycles. The van der Waals surface area contributed by atoms with Crippen molar-refractivity contribution in [3.8, 4) is 34.2 Å². The Labute approximate surface area is 429 Å². The lowest BCUT2D eigenvalue weighted by Gasteiger charge is -2.37. The summed E-state index contributed by atoms with van der Waals surface area (Å²) in [7, 11) is 3.65. The van der Waals surface area contributed by atoms with Crippen molar-refractivity contribution in [3.63, 3.8) is 0 Å². The number of cyclic esters (lactones) is 1. The molecule has 73 heavy (non-hydrogen) atoms. The SMILES string of the molecule is CCn1c(-c2cccnc2[C@H](C)OC)c2c3cc(ccc31)-c1cccc(c1)C[C@H](NC(=O)[C@H](C(C)C)N1CC[C@]3(CCN(C(=O)C#CC4COCCN4C)C3)C1=O)C(=O)N1CCC[C@H](N1)C(=O)OCC(C)(C)C2. The standard InChI is InChI=1S/C57H72N8O8/c1-9-63-47-19-17-40-31-43(47)44(51(63)42-15-11-23-58-49(42)37(4)71-8)32-56(5,6)35-73-54(69)45-16-12-24-65(60-45)53(68)46(30-38-13-10-14-39(40)29-38)59-52(67)50(36(2)3)64-26-22-57(55(64)70)21-25-62(34-57)48(66)20-18-41-33-72-28-27-61(41)7/h10-11,13-15,17,19,23,29,31,36-37,41,45-46,50,60H,9,12,16,21-22,24-28,30,32-35H2,1-8H3,(H,59,67)/t37-,41?,45-,46-,50-,57-/m0/s1. The van der Waals surface area contributed by atoms with E-state index < -0.39 is 46.7 Å². The van der Waals surface area contributed by atoms with Crippen molar-refractivity contribution in [1.82, 2.24) is 40.0 Å². The van der Waals surface area contributed by atoms with E-state index in [1.54, 1.807) is 23.1 Å². The molecule has 9 rings (SSSR count). The molecular weight excluding hydrogens is 925 g/mol. The number of morpholine rings is 1. The van der Waals surface area contributed by atoms with Gasteiger partial charge in [0.2, 0.25) is 11.8 Å². The van der Waals surface area contributed by atoms with Crippen LogP contribution in [0.3, 0.4) is 0 Å². The molecule has 6 atom stereocenters. The number of benzene rings is 2. The summed E-state index contributed by atoms with van der Waals surface area (Å²) >= 11 is 0. The normalized spacial score (nSPS) is 24.6. The van der Waals surface area contributed by atoms with Crippen LogP contribution in [-0.2, 0) is 57.6 Å². The molecule has 4 amide bonds. The number of hydrazine groups is 1. The van der Waals surface area contributed by atoms with E-state index in [9.17, 15) is 24.0 Å². The molecule has 16 heteroatoms. The van der Waals surface area contributed by atoms with Crippen molar-refractivity contribution in [1.29, 1.82) is 0 Å². The minimum Gasteiger partial charge on any atom is -0.464 e. The van der Waals surface area contributed by atoms with Gasteiger partial charge in [-0.3, -0.25) is 38.9 Å². The van der Waals surface area contributed by atoms with E-state index in [4.69, 9.17) is 19.2 Å². The van der Waals surface area contributed by atoms with Crippen molar-refractivity contribution in [2.24, 2.45) is 16.7 Å². The number of amides is 4. The Balaban J connectivity index is 1.03. The van der Waals surface area contributed by atoms with Crippen LogP contribution in [0.25, 0.3) is 33.3 Å². The van der Waals surface area contributed by atoms with Crippen LogP contribution < -0.4 is 10.7 Å². The average molecular weight is 997 g/mol. The van der Waals surface area contributed by atoms with Gasteiger partial charge in [-0.2, -0.15) is 0 Å².